The quantitative estimate of drug-likeness (QED) is 0.522. The Morgan fingerprint density at radius 2 is 2.50 bits per heavy atom. The second-order valence-corrected chi connectivity index (χ2v) is 1.32. The molecule has 1 N–H and O–H groups in total. The fraction of sp³-hybridized carbons (Fsp3) is 0.250. The van der Waals surface area contributed by atoms with E-state index < -0.39 is 0 Å². The molecule has 0 saturated carbocycles. The number of aromatic nitrogens is 1. The minimum Gasteiger partial charge on any atom is -1.00 e. The normalized spacial score (nSPS) is 8.12. The SMILES string of the molecule is Cc1cc(=O)[nH]o1.[Ca+2].[H-].[H-]. The maximum absolute atomic E-state index is 10.1. The van der Waals surface area contributed by atoms with Gasteiger partial charge in [0.25, 0.3) is 5.56 Å². The first-order chi connectivity index (χ1) is 3.29. The summed E-state index contributed by atoms with van der Waals surface area (Å²) in [4.78, 5) is 10.1. The zero-order valence-electron chi connectivity index (χ0n) is 6.60. The van der Waals surface area contributed by atoms with E-state index in [0.29, 0.717) is 5.76 Å². The average molecular weight is 141 g/mol. The van der Waals surface area contributed by atoms with E-state index in [1.165, 1.54) is 6.07 Å². The second-order valence-electron chi connectivity index (χ2n) is 1.32. The standard InChI is InChI=1S/C4H5NO2.Ca.2H/c1-3-2-4(6)5-7-3;;;/h2H,1H3,(H,5,6);;;/q;+2;2*-1. The van der Waals surface area contributed by atoms with Crippen molar-refractivity contribution in [1.29, 1.82) is 0 Å². The van der Waals surface area contributed by atoms with E-state index >= 15 is 0 Å². The van der Waals surface area contributed by atoms with Crippen LogP contribution in [0, 0.1) is 6.92 Å². The van der Waals surface area contributed by atoms with Gasteiger partial charge in [0.15, 0.2) is 0 Å². The molecule has 0 spiro atoms. The molecule has 0 atom stereocenters. The van der Waals surface area contributed by atoms with Gasteiger partial charge in [-0.3, -0.25) is 4.79 Å². The van der Waals surface area contributed by atoms with Crippen LogP contribution in [0.1, 0.15) is 8.61 Å². The van der Waals surface area contributed by atoms with E-state index in [1.54, 1.807) is 6.92 Å². The van der Waals surface area contributed by atoms with E-state index in [9.17, 15) is 4.79 Å². The Morgan fingerprint density at radius 1 is 1.88 bits per heavy atom. The van der Waals surface area contributed by atoms with Gasteiger partial charge in [-0.2, -0.15) is 5.16 Å². The van der Waals surface area contributed by atoms with Crippen molar-refractivity contribution >= 4 is 37.7 Å². The summed E-state index contributed by atoms with van der Waals surface area (Å²) in [5.41, 5.74) is -0.183. The van der Waals surface area contributed by atoms with Crippen molar-refractivity contribution in [1.82, 2.24) is 5.16 Å². The van der Waals surface area contributed by atoms with Crippen molar-refractivity contribution in [2.75, 3.05) is 0 Å². The van der Waals surface area contributed by atoms with Crippen molar-refractivity contribution < 1.29 is 7.38 Å². The third-order valence-corrected chi connectivity index (χ3v) is 0.647. The summed E-state index contributed by atoms with van der Waals surface area (Å²) < 4.78 is 4.53. The molecule has 1 heterocycles. The second kappa shape index (κ2) is 3.33. The van der Waals surface area contributed by atoms with Gasteiger partial charge in [-0.1, -0.05) is 0 Å². The Balaban J connectivity index is -0.000000163. The van der Waals surface area contributed by atoms with Crippen LogP contribution in [0.5, 0.6) is 0 Å². The van der Waals surface area contributed by atoms with Crippen LogP contribution in [0.3, 0.4) is 0 Å². The molecule has 0 aliphatic rings. The van der Waals surface area contributed by atoms with Crippen LogP contribution in [-0.4, -0.2) is 42.9 Å². The van der Waals surface area contributed by atoms with Gasteiger partial charge in [0.05, 0.1) is 0 Å². The Hall–Kier alpha value is 0.270. The van der Waals surface area contributed by atoms with Gasteiger partial charge < -0.3 is 7.38 Å². The smallest absolute Gasteiger partial charge is 1.00 e. The molecule has 1 rings (SSSR count). The number of aromatic amines is 1. The molecule has 0 amide bonds. The fourth-order valence-electron chi connectivity index (χ4n) is 0.374. The van der Waals surface area contributed by atoms with Crippen LogP contribution < -0.4 is 5.56 Å². The van der Waals surface area contributed by atoms with Gasteiger partial charge in [0, 0.05) is 6.07 Å². The summed E-state index contributed by atoms with van der Waals surface area (Å²) in [5, 5.41) is 2.14. The molecule has 1 aromatic heterocycles. The maximum atomic E-state index is 10.1. The minimum absolute atomic E-state index is 0. The molecule has 0 aromatic carbocycles. The Labute approximate surface area is 79.0 Å². The molecule has 4 heteroatoms. The molecule has 1 aromatic rings. The number of nitrogens with one attached hydrogen (secondary N) is 1. The van der Waals surface area contributed by atoms with Gasteiger partial charge >= 0.3 is 37.7 Å². The van der Waals surface area contributed by atoms with Gasteiger partial charge in [-0.15, -0.1) is 0 Å². The van der Waals surface area contributed by atoms with Gasteiger partial charge in [0.1, 0.15) is 5.76 Å². The van der Waals surface area contributed by atoms with E-state index in [1.807, 2.05) is 0 Å². The van der Waals surface area contributed by atoms with Gasteiger partial charge in [-0.05, 0) is 6.92 Å². The molecule has 0 radical (unpaired) electrons. The Kier molecular flexibility index (Phi) is 3.44. The molecule has 0 unspecified atom stereocenters. The summed E-state index contributed by atoms with van der Waals surface area (Å²) >= 11 is 0. The van der Waals surface area contributed by atoms with Crippen LogP contribution in [0.4, 0.5) is 0 Å². The van der Waals surface area contributed by atoms with Crippen molar-refractivity contribution in [2.45, 2.75) is 6.92 Å². The first-order valence-corrected chi connectivity index (χ1v) is 1.94. The summed E-state index contributed by atoms with van der Waals surface area (Å²) in [5.74, 6) is 0.616. The molecule has 0 aliphatic heterocycles. The van der Waals surface area contributed by atoms with Crippen molar-refractivity contribution in [2.24, 2.45) is 0 Å². The number of H-pyrrole nitrogens is 1. The van der Waals surface area contributed by atoms with Crippen LogP contribution >= 0.6 is 0 Å². The van der Waals surface area contributed by atoms with E-state index in [-0.39, 0.29) is 46.2 Å². The number of hydrogen-bond donors (Lipinski definition) is 1. The number of rotatable bonds is 0. The number of hydrogen-bond acceptors (Lipinski definition) is 2. The molecule has 8 heavy (non-hydrogen) atoms. The zero-order valence-corrected chi connectivity index (χ0v) is 6.81. The summed E-state index contributed by atoms with van der Waals surface area (Å²) in [6.07, 6.45) is 0. The summed E-state index contributed by atoms with van der Waals surface area (Å²) in [6, 6.07) is 1.39. The zero-order chi connectivity index (χ0) is 5.28. The van der Waals surface area contributed by atoms with E-state index in [4.69, 9.17) is 0 Å². The molecular formula is C4H7CaNO2. The molecule has 0 fully saturated rings. The van der Waals surface area contributed by atoms with E-state index in [2.05, 4.69) is 9.68 Å². The average Bonchev–Trinajstić information content (AvgIpc) is 1.87. The third-order valence-electron chi connectivity index (χ3n) is 0.647. The largest absolute Gasteiger partial charge is 2.00 e. The van der Waals surface area contributed by atoms with Gasteiger partial charge in [0.2, 0.25) is 0 Å². The molecular weight excluding hydrogens is 134 g/mol. The van der Waals surface area contributed by atoms with Crippen LogP contribution in [0.15, 0.2) is 15.4 Å². The summed E-state index contributed by atoms with van der Waals surface area (Å²) in [6.45, 7) is 1.71. The molecule has 0 aliphatic carbocycles. The molecule has 42 valence electrons. The molecule has 0 saturated heterocycles. The third kappa shape index (κ3) is 2.03. The minimum atomic E-state index is -0.183. The van der Waals surface area contributed by atoms with Crippen molar-refractivity contribution in [3.63, 3.8) is 0 Å². The predicted octanol–water partition coefficient (Wildman–Crippen LogP) is 0.121. The molecule has 3 nitrogen and oxygen atoms in total. The fourth-order valence-corrected chi connectivity index (χ4v) is 0.374. The maximum Gasteiger partial charge on any atom is 2.00 e. The topological polar surface area (TPSA) is 46.0 Å². The van der Waals surface area contributed by atoms with E-state index in [0.717, 1.165) is 0 Å². The Morgan fingerprint density at radius 3 is 2.62 bits per heavy atom. The van der Waals surface area contributed by atoms with Gasteiger partial charge in [-0.25, -0.2) is 0 Å². The van der Waals surface area contributed by atoms with Crippen molar-refractivity contribution in [3.8, 4) is 0 Å². The van der Waals surface area contributed by atoms with Crippen LogP contribution in [-0.2, 0) is 0 Å². The Bertz CT molecular complexity index is 209. The van der Waals surface area contributed by atoms with Crippen LogP contribution in [0.2, 0.25) is 0 Å². The van der Waals surface area contributed by atoms with Crippen molar-refractivity contribution in [3.05, 3.63) is 22.2 Å². The molecule has 0 bridgehead atoms. The summed E-state index contributed by atoms with van der Waals surface area (Å²) in [7, 11) is 0. The van der Waals surface area contributed by atoms with Crippen LogP contribution in [0.25, 0.3) is 0 Å². The monoisotopic (exact) mass is 141 g/mol. The predicted molar refractivity (Wildman–Crippen MR) is 32.0 cm³/mol. The first kappa shape index (κ1) is 8.27. The first-order valence-electron chi connectivity index (χ1n) is 1.94. The number of aryl methyl sites for hydroxylation is 1.